The Labute approximate surface area is 152 Å². The van der Waals surface area contributed by atoms with Crippen molar-refractivity contribution in [3.05, 3.63) is 35.4 Å². The van der Waals surface area contributed by atoms with E-state index in [4.69, 9.17) is 0 Å². The number of hydrogen-bond donors (Lipinski definition) is 3. The van der Waals surface area contributed by atoms with Crippen LogP contribution < -0.4 is 16.0 Å². The summed E-state index contributed by atoms with van der Waals surface area (Å²) in [4.78, 5) is 24.8. The van der Waals surface area contributed by atoms with E-state index in [1.54, 1.807) is 24.3 Å². The van der Waals surface area contributed by atoms with Crippen molar-refractivity contribution in [3.8, 4) is 0 Å². The third-order valence-corrected chi connectivity index (χ3v) is 4.49. The smallest absolute Gasteiger partial charge is 0.252 e. The molecule has 2 atom stereocenters. The van der Waals surface area contributed by atoms with Crippen molar-refractivity contribution in [1.82, 2.24) is 16.0 Å². The number of nitrogens with one attached hydrogen (secondary N) is 3. The molecule has 1 rings (SSSR count). The van der Waals surface area contributed by atoms with Crippen LogP contribution >= 0.6 is 0 Å². The number of benzene rings is 1. The molecule has 0 bridgehead atoms. The lowest BCUT2D eigenvalue weighted by molar-refractivity contribution is 0.0904. The molecule has 3 N–H and O–H groups in total. The van der Waals surface area contributed by atoms with E-state index in [0.29, 0.717) is 30.3 Å². The molecule has 25 heavy (non-hydrogen) atoms. The van der Waals surface area contributed by atoms with Crippen LogP contribution in [0.4, 0.5) is 0 Å². The Morgan fingerprint density at radius 1 is 0.920 bits per heavy atom. The van der Waals surface area contributed by atoms with Gasteiger partial charge in [-0.25, -0.2) is 0 Å². The van der Waals surface area contributed by atoms with Crippen molar-refractivity contribution in [2.75, 3.05) is 26.2 Å². The summed E-state index contributed by atoms with van der Waals surface area (Å²) in [6.45, 7) is 11.2. The Balaban J connectivity index is 2.42. The molecule has 5 nitrogen and oxygen atoms in total. The fourth-order valence-corrected chi connectivity index (χ4v) is 2.38. The third kappa shape index (κ3) is 7.36. The average Bonchev–Trinajstić information content (AvgIpc) is 2.65. The molecule has 5 heteroatoms. The van der Waals surface area contributed by atoms with E-state index in [1.807, 2.05) is 13.8 Å². The molecule has 0 radical (unpaired) electrons. The predicted octanol–water partition coefficient (Wildman–Crippen LogP) is 2.62. The first-order chi connectivity index (χ1) is 12.0. The predicted molar refractivity (Wildman–Crippen MR) is 103 cm³/mol. The van der Waals surface area contributed by atoms with Gasteiger partial charge in [-0.3, -0.25) is 9.59 Å². The molecule has 1 aromatic rings. The number of ketones is 1. The van der Waals surface area contributed by atoms with E-state index in [9.17, 15) is 9.59 Å². The van der Waals surface area contributed by atoms with Gasteiger partial charge in [0, 0.05) is 43.7 Å². The van der Waals surface area contributed by atoms with Crippen molar-refractivity contribution in [1.29, 1.82) is 0 Å². The van der Waals surface area contributed by atoms with Crippen LogP contribution in [-0.2, 0) is 0 Å². The van der Waals surface area contributed by atoms with Gasteiger partial charge in [0.25, 0.3) is 5.91 Å². The Kier molecular flexibility index (Phi) is 10.0. The molecule has 0 saturated carbocycles. The van der Waals surface area contributed by atoms with Crippen LogP contribution in [0.5, 0.6) is 0 Å². The molecule has 1 amide bonds. The fourth-order valence-electron chi connectivity index (χ4n) is 2.38. The molecular weight excluding hydrogens is 314 g/mol. The first-order valence-corrected chi connectivity index (χ1v) is 9.36. The highest BCUT2D eigenvalue weighted by atomic mass is 16.2. The molecule has 0 spiro atoms. The molecule has 140 valence electrons. The highest BCUT2D eigenvalue weighted by Crippen LogP contribution is 2.16. The summed E-state index contributed by atoms with van der Waals surface area (Å²) in [6, 6.07) is 7.58. The number of rotatable bonds is 12. The van der Waals surface area contributed by atoms with Crippen LogP contribution in [0.15, 0.2) is 24.3 Å². The van der Waals surface area contributed by atoms with Crippen molar-refractivity contribution in [3.63, 3.8) is 0 Å². The second-order valence-corrected chi connectivity index (χ2v) is 6.49. The van der Waals surface area contributed by atoms with Gasteiger partial charge in [-0.15, -0.1) is 0 Å². The van der Waals surface area contributed by atoms with Crippen molar-refractivity contribution in [2.45, 2.75) is 46.6 Å². The standard InChI is InChI=1S/C20H33N3O2/c1-5-15(3)19(24)17-9-7-8-10-18(17)20(25)23-14-12-21-11-13-22-16(4)6-2/h7-10,15-16,21-22H,5-6,11-14H2,1-4H3,(H,23,25). The normalized spacial score (nSPS) is 13.3. The highest BCUT2D eigenvalue weighted by Gasteiger charge is 2.19. The zero-order valence-corrected chi connectivity index (χ0v) is 16.0. The fraction of sp³-hybridized carbons (Fsp3) is 0.600. The molecule has 0 aliphatic carbocycles. The summed E-state index contributed by atoms with van der Waals surface area (Å²) >= 11 is 0. The zero-order chi connectivity index (χ0) is 18.7. The van der Waals surface area contributed by atoms with Crippen LogP contribution in [-0.4, -0.2) is 43.9 Å². The van der Waals surface area contributed by atoms with Gasteiger partial charge in [0.05, 0.1) is 5.56 Å². The molecule has 0 saturated heterocycles. The van der Waals surface area contributed by atoms with Crippen molar-refractivity contribution in [2.24, 2.45) is 5.92 Å². The zero-order valence-electron chi connectivity index (χ0n) is 16.0. The van der Waals surface area contributed by atoms with Crippen LogP contribution in [0.2, 0.25) is 0 Å². The summed E-state index contributed by atoms with van der Waals surface area (Å²) < 4.78 is 0. The summed E-state index contributed by atoms with van der Waals surface area (Å²) in [5.41, 5.74) is 0.978. The number of carbonyl (C=O) groups is 2. The minimum absolute atomic E-state index is 0.0301. The Bertz CT molecular complexity index is 545. The SMILES string of the molecule is CCC(C)NCCNCCNC(=O)c1ccccc1C(=O)C(C)CC. The molecule has 0 fully saturated rings. The van der Waals surface area contributed by atoms with Gasteiger partial charge in [-0.05, 0) is 25.8 Å². The van der Waals surface area contributed by atoms with E-state index in [2.05, 4.69) is 29.8 Å². The summed E-state index contributed by atoms with van der Waals surface area (Å²) in [5.74, 6) is -0.233. The number of carbonyl (C=O) groups excluding carboxylic acids is 2. The third-order valence-electron chi connectivity index (χ3n) is 4.49. The van der Waals surface area contributed by atoms with Gasteiger partial charge < -0.3 is 16.0 Å². The van der Waals surface area contributed by atoms with Crippen LogP contribution in [0.25, 0.3) is 0 Å². The Morgan fingerprint density at radius 2 is 1.56 bits per heavy atom. The van der Waals surface area contributed by atoms with E-state index in [-0.39, 0.29) is 17.6 Å². The lowest BCUT2D eigenvalue weighted by Gasteiger charge is -2.13. The topological polar surface area (TPSA) is 70.2 Å². The maximum absolute atomic E-state index is 12.4. The van der Waals surface area contributed by atoms with Crippen LogP contribution in [0.1, 0.15) is 61.3 Å². The van der Waals surface area contributed by atoms with Gasteiger partial charge in [-0.1, -0.05) is 39.0 Å². The quantitative estimate of drug-likeness (QED) is 0.401. The van der Waals surface area contributed by atoms with Crippen molar-refractivity contribution >= 4 is 11.7 Å². The van der Waals surface area contributed by atoms with Gasteiger partial charge in [0.15, 0.2) is 5.78 Å². The number of amides is 1. The highest BCUT2D eigenvalue weighted by molar-refractivity contribution is 6.08. The monoisotopic (exact) mass is 347 g/mol. The summed E-state index contributed by atoms with van der Waals surface area (Å²) in [5, 5.41) is 9.59. The summed E-state index contributed by atoms with van der Waals surface area (Å²) in [7, 11) is 0. The van der Waals surface area contributed by atoms with Crippen LogP contribution in [0, 0.1) is 5.92 Å². The maximum atomic E-state index is 12.4. The molecule has 0 heterocycles. The molecule has 0 aromatic heterocycles. The van der Waals surface area contributed by atoms with Gasteiger partial charge in [-0.2, -0.15) is 0 Å². The van der Waals surface area contributed by atoms with Gasteiger partial charge >= 0.3 is 0 Å². The van der Waals surface area contributed by atoms with Crippen LogP contribution in [0.3, 0.4) is 0 Å². The second kappa shape index (κ2) is 11.8. The van der Waals surface area contributed by atoms with Gasteiger partial charge in [0.1, 0.15) is 0 Å². The van der Waals surface area contributed by atoms with E-state index in [1.165, 1.54) is 0 Å². The molecule has 0 aliphatic rings. The lowest BCUT2D eigenvalue weighted by Crippen LogP contribution is -2.37. The Hall–Kier alpha value is -1.72. The number of Topliss-reactive ketones (excluding diaryl/α,β-unsaturated/α-hetero) is 1. The average molecular weight is 348 g/mol. The van der Waals surface area contributed by atoms with E-state index in [0.717, 1.165) is 25.9 Å². The van der Waals surface area contributed by atoms with E-state index >= 15 is 0 Å². The van der Waals surface area contributed by atoms with Gasteiger partial charge in [0.2, 0.25) is 0 Å². The van der Waals surface area contributed by atoms with E-state index < -0.39 is 0 Å². The minimum atomic E-state index is -0.188. The molecule has 1 aromatic carbocycles. The van der Waals surface area contributed by atoms with Crippen molar-refractivity contribution < 1.29 is 9.59 Å². The number of hydrogen-bond acceptors (Lipinski definition) is 4. The Morgan fingerprint density at radius 3 is 2.20 bits per heavy atom. The largest absolute Gasteiger partial charge is 0.351 e. The summed E-state index contributed by atoms with van der Waals surface area (Å²) in [6.07, 6.45) is 1.88. The second-order valence-electron chi connectivity index (χ2n) is 6.49. The molecule has 0 aliphatic heterocycles. The molecular formula is C20H33N3O2. The lowest BCUT2D eigenvalue weighted by atomic mass is 9.93. The molecule has 2 unspecified atom stereocenters. The maximum Gasteiger partial charge on any atom is 0.252 e. The first-order valence-electron chi connectivity index (χ1n) is 9.36. The minimum Gasteiger partial charge on any atom is -0.351 e. The first kappa shape index (κ1) is 21.3.